The summed E-state index contributed by atoms with van der Waals surface area (Å²) in [6, 6.07) is 0. The molecule has 0 aromatic heterocycles. The van der Waals surface area contributed by atoms with Crippen molar-refractivity contribution in [2.24, 2.45) is 0 Å². The molecule has 1 unspecified atom stereocenters. The monoisotopic (exact) mass is 885 g/mol. The molecule has 9 nitrogen and oxygen atoms in total. The van der Waals surface area contributed by atoms with Gasteiger partial charge in [0.15, 0.2) is 6.10 Å². The van der Waals surface area contributed by atoms with Crippen molar-refractivity contribution in [3.63, 3.8) is 0 Å². The van der Waals surface area contributed by atoms with Crippen LogP contribution in [0.3, 0.4) is 0 Å². The predicted octanol–water partition coefficient (Wildman–Crippen LogP) is 15.1. The van der Waals surface area contributed by atoms with E-state index in [1.165, 1.54) is 161 Å². The molecule has 0 radical (unpaired) electrons. The van der Waals surface area contributed by atoms with E-state index in [0.29, 0.717) is 23.9 Å². The molecule has 0 bridgehead atoms. The van der Waals surface area contributed by atoms with Crippen molar-refractivity contribution in [1.29, 1.82) is 0 Å². The lowest BCUT2D eigenvalue weighted by molar-refractivity contribution is -0.870. The average Bonchev–Trinajstić information content (AvgIpc) is 3.21. The van der Waals surface area contributed by atoms with Crippen molar-refractivity contribution < 1.29 is 42.1 Å². The van der Waals surface area contributed by atoms with Crippen LogP contribution in [-0.4, -0.2) is 74.9 Å². The molecule has 61 heavy (non-hydrogen) atoms. The normalized spacial score (nSPS) is 13.6. The van der Waals surface area contributed by atoms with Crippen molar-refractivity contribution in [3.05, 3.63) is 24.3 Å². The van der Waals surface area contributed by atoms with Crippen molar-refractivity contribution in [3.8, 4) is 0 Å². The molecule has 0 saturated heterocycles. The SMILES string of the molecule is CCCCCCCC/C=C/C/C=C/CCCCC(=O)OC[C@H](COP(=O)(O)OCC[N+](C)(C)C)OC(=O)CCCCCCCCCCCCCCCCCCCCCCCC. The molecule has 0 aliphatic heterocycles. The summed E-state index contributed by atoms with van der Waals surface area (Å²) in [5.74, 6) is -0.825. The Hall–Kier alpha value is -1.51. The highest BCUT2D eigenvalue weighted by Crippen LogP contribution is 2.43. The third-order valence-corrected chi connectivity index (χ3v) is 12.2. The van der Waals surface area contributed by atoms with E-state index in [4.69, 9.17) is 18.5 Å². The number of nitrogens with zero attached hydrogens (tertiary/aromatic N) is 1. The number of phosphoric ester groups is 1. The Bertz CT molecular complexity index is 1090. The zero-order valence-corrected chi connectivity index (χ0v) is 41.6. The second kappa shape index (κ2) is 43.7. The Morgan fingerprint density at radius 2 is 0.885 bits per heavy atom. The van der Waals surface area contributed by atoms with Crippen LogP contribution in [0.2, 0.25) is 0 Å². The smallest absolute Gasteiger partial charge is 0.462 e. The van der Waals surface area contributed by atoms with Crippen LogP contribution in [0, 0.1) is 0 Å². The van der Waals surface area contributed by atoms with E-state index in [2.05, 4.69) is 38.2 Å². The highest BCUT2D eigenvalue weighted by molar-refractivity contribution is 7.47. The molecule has 0 aromatic rings. The first kappa shape index (κ1) is 59.5. The van der Waals surface area contributed by atoms with Gasteiger partial charge < -0.3 is 18.9 Å². The fraction of sp³-hybridized carbons (Fsp3) is 0.882. The van der Waals surface area contributed by atoms with Gasteiger partial charge in [0, 0.05) is 12.8 Å². The number of rotatable bonds is 47. The lowest BCUT2D eigenvalue weighted by atomic mass is 10.0. The Morgan fingerprint density at radius 1 is 0.508 bits per heavy atom. The topological polar surface area (TPSA) is 108 Å². The van der Waals surface area contributed by atoms with Gasteiger partial charge in [-0.3, -0.25) is 18.6 Å². The van der Waals surface area contributed by atoms with E-state index in [0.717, 1.165) is 38.5 Å². The number of hydrogen-bond acceptors (Lipinski definition) is 7. The minimum absolute atomic E-state index is 0.0291. The molecule has 0 heterocycles. The lowest BCUT2D eigenvalue weighted by Gasteiger charge is -2.24. The van der Waals surface area contributed by atoms with Gasteiger partial charge in [-0.15, -0.1) is 0 Å². The number of ether oxygens (including phenoxy) is 2. The summed E-state index contributed by atoms with van der Waals surface area (Å²) in [6.45, 7) is 4.42. The summed E-state index contributed by atoms with van der Waals surface area (Å²) in [7, 11) is 1.47. The Morgan fingerprint density at radius 3 is 1.33 bits per heavy atom. The summed E-state index contributed by atoms with van der Waals surface area (Å²) < 4.78 is 34.4. The molecule has 1 N–H and O–H groups in total. The Kier molecular flexibility index (Phi) is 42.6. The van der Waals surface area contributed by atoms with Gasteiger partial charge in [0.2, 0.25) is 0 Å². The van der Waals surface area contributed by atoms with Crippen molar-refractivity contribution in [1.82, 2.24) is 0 Å². The molecular formula is C51H99NO8P+. The lowest BCUT2D eigenvalue weighted by Crippen LogP contribution is -2.37. The number of unbranched alkanes of at least 4 members (excludes halogenated alkanes) is 29. The van der Waals surface area contributed by atoms with E-state index in [1.807, 2.05) is 21.1 Å². The molecule has 0 rings (SSSR count). The minimum atomic E-state index is -4.38. The second-order valence-electron chi connectivity index (χ2n) is 18.6. The molecule has 0 saturated carbocycles. The van der Waals surface area contributed by atoms with Gasteiger partial charge >= 0.3 is 19.8 Å². The van der Waals surface area contributed by atoms with Crippen molar-refractivity contribution in [2.45, 2.75) is 245 Å². The molecule has 0 aliphatic carbocycles. The summed E-state index contributed by atoms with van der Waals surface area (Å²) in [5.41, 5.74) is 0. The molecule has 2 atom stereocenters. The maximum absolute atomic E-state index is 12.7. The molecule has 0 fully saturated rings. The quantitative estimate of drug-likeness (QED) is 0.0212. The van der Waals surface area contributed by atoms with E-state index >= 15 is 0 Å². The molecule has 0 amide bonds. The van der Waals surface area contributed by atoms with Crippen LogP contribution in [0.4, 0.5) is 0 Å². The molecule has 0 spiro atoms. The van der Waals surface area contributed by atoms with Crippen LogP contribution in [0.15, 0.2) is 24.3 Å². The average molecular weight is 885 g/mol. The minimum Gasteiger partial charge on any atom is -0.462 e. The van der Waals surface area contributed by atoms with Crippen LogP contribution in [0.25, 0.3) is 0 Å². The summed E-state index contributed by atoms with van der Waals surface area (Å²) in [4.78, 5) is 35.5. The highest BCUT2D eigenvalue weighted by Gasteiger charge is 2.27. The largest absolute Gasteiger partial charge is 0.472 e. The molecule has 10 heteroatoms. The standard InChI is InChI=1S/C51H98NO8P/c1-6-8-10-12-14-16-18-20-22-23-24-25-26-27-28-30-32-34-36-38-40-42-44-51(54)60-49(48-59-61(55,56)58-46-45-52(3,4)5)47-57-50(53)43-41-39-37-35-33-31-29-21-19-17-15-13-11-9-7-2/h21,29,33,35,49H,6-20,22-28,30-32,34,36-48H2,1-5H3/p+1/b29-21+,35-33+/t49-/m1/s1. The molecule has 360 valence electrons. The van der Waals surface area contributed by atoms with Gasteiger partial charge in [0.05, 0.1) is 27.7 Å². The summed E-state index contributed by atoms with van der Waals surface area (Å²) in [5, 5.41) is 0. The second-order valence-corrected chi connectivity index (χ2v) is 20.0. The van der Waals surface area contributed by atoms with Gasteiger partial charge in [-0.05, 0) is 44.9 Å². The fourth-order valence-corrected chi connectivity index (χ4v) is 7.96. The number of likely N-dealkylation sites (N-methyl/N-ethyl adjacent to an activating group) is 1. The van der Waals surface area contributed by atoms with Gasteiger partial charge in [-0.2, -0.15) is 0 Å². The first-order valence-electron chi connectivity index (χ1n) is 25.6. The molecular weight excluding hydrogens is 786 g/mol. The van der Waals surface area contributed by atoms with Crippen LogP contribution in [-0.2, 0) is 32.7 Å². The van der Waals surface area contributed by atoms with Gasteiger partial charge in [-0.1, -0.05) is 205 Å². The first-order valence-corrected chi connectivity index (χ1v) is 27.1. The van der Waals surface area contributed by atoms with Gasteiger partial charge in [0.25, 0.3) is 0 Å². The Balaban J connectivity index is 4.24. The third kappa shape index (κ3) is 47.8. The summed E-state index contributed by atoms with van der Waals surface area (Å²) >= 11 is 0. The third-order valence-electron chi connectivity index (χ3n) is 11.2. The van der Waals surface area contributed by atoms with Crippen LogP contribution in [0.5, 0.6) is 0 Å². The van der Waals surface area contributed by atoms with E-state index in [9.17, 15) is 19.0 Å². The zero-order chi connectivity index (χ0) is 45.0. The van der Waals surface area contributed by atoms with E-state index < -0.39 is 32.5 Å². The summed E-state index contributed by atoms with van der Waals surface area (Å²) in [6.07, 6.45) is 49.5. The van der Waals surface area contributed by atoms with Crippen molar-refractivity contribution in [2.75, 3.05) is 47.5 Å². The number of quaternary nitrogens is 1. The van der Waals surface area contributed by atoms with Gasteiger partial charge in [-0.25, -0.2) is 4.57 Å². The maximum Gasteiger partial charge on any atom is 0.472 e. The number of hydrogen-bond donors (Lipinski definition) is 1. The van der Waals surface area contributed by atoms with Gasteiger partial charge in [0.1, 0.15) is 19.8 Å². The number of esters is 2. The zero-order valence-electron chi connectivity index (χ0n) is 40.7. The highest BCUT2D eigenvalue weighted by atomic mass is 31.2. The molecule has 0 aliphatic rings. The molecule has 0 aromatic carbocycles. The van der Waals surface area contributed by atoms with E-state index in [1.54, 1.807) is 0 Å². The van der Waals surface area contributed by atoms with E-state index in [-0.39, 0.29) is 26.1 Å². The van der Waals surface area contributed by atoms with Crippen LogP contribution >= 0.6 is 7.82 Å². The number of carbonyl (C=O) groups is 2. The van der Waals surface area contributed by atoms with Crippen LogP contribution in [0.1, 0.15) is 239 Å². The fourth-order valence-electron chi connectivity index (χ4n) is 7.22. The predicted molar refractivity (Wildman–Crippen MR) is 257 cm³/mol. The first-order chi connectivity index (χ1) is 29.5. The maximum atomic E-state index is 12.7. The number of phosphoric acid groups is 1. The Labute approximate surface area is 377 Å². The van der Waals surface area contributed by atoms with Crippen molar-refractivity contribution >= 4 is 19.8 Å². The number of carbonyl (C=O) groups excluding carboxylic acids is 2. The van der Waals surface area contributed by atoms with Crippen LogP contribution < -0.4 is 0 Å². The number of allylic oxidation sites excluding steroid dienone is 4.